The third kappa shape index (κ3) is 5.83. The number of hydrogen-bond acceptors (Lipinski definition) is 5. The molecule has 1 aromatic heterocycles. The van der Waals surface area contributed by atoms with Crippen molar-refractivity contribution >= 4 is 17.2 Å². The number of thiazole rings is 1. The highest BCUT2D eigenvalue weighted by molar-refractivity contribution is 7.07. The summed E-state index contributed by atoms with van der Waals surface area (Å²) >= 11 is 1.45. The number of hydrogen-bond donors (Lipinski definition) is 0. The number of carbonyl (C=O) groups is 1. The summed E-state index contributed by atoms with van der Waals surface area (Å²) in [6.45, 7) is 4.72. The molecule has 3 rings (SSSR count). The van der Waals surface area contributed by atoms with Crippen LogP contribution in [-0.4, -0.2) is 72.4 Å². The van der Waals surface area contributed by atoms with Gasteiger partial charge in [-0.1, -0.05) is 18.2 Å². The average molecular weight is 405 g/mol. The molecule has 2 aromatic rings. The molecule has 2 heterocycles. The quantitative estimate of drug-likeness (QED) is 0.677. The van der Waals surface area contributed by atoms with Crippen molar-refractivity contribution < 1.29 is 9.18 Å². The molecule has 28 heavy (non-hydrogen) atoms. The third-order valence-corrected chi connectivity index (χ3v) is 5.78. The van der Waals surface area contributed by atoms with Crippen LogP contribution in [0.25, 0.3) is 0 Å². The van der Waals surface area contributed by atoms with Crippen LogP contribution >= 0.6 is 11.3 Å². The van der Waals surface area contributed by atoms with Gasteiger partial charge in [0, 0.05) is 43.7 Å². The molecule has 0 radical (unpaired) electrons. The fourth-order valence-corrected chi connectivity index (χ4v) is 4.23. The van der Waals surface area contributed by atoms with Gasteiger partial charge in [-0.15, -0.1) is 11.3 Å². The van der Waals surface area contributed by atoms with Gasteiger partial charge in [0.1, 0.15) is 11.5 Å². The predicted octanol–water partition coefficient (Wildman–Crippen LogP) is 3.20. The second-order valence-corrected chi connectivity index (χ2v) is 8.48. The van der Waals surface area contributed by atoms with Crippen LogP contribution in [0.1, 0.15) is 28.9 Å². The number of nitrogens with zero attached hydrogens (tertiary/aromatic N) is 4. The number of likely N-dealkylation sites (N-methyl/N-ethyl adjacent to an activating group) is 1. The Balaban J connectivity index is 1.62. The Kier molecular flexibility index (Phi) is 7.53. The van der Waals surface area contributed by atoms with E-state index in [4.69, 9.17) is 0 Å². The maximum absolute atomic E-state index is 14.0. The van der Waals surface area contributed by atoms with Gasteiger partial charge >= 0.3 is 0 Å². The molecule has 5 nitrogen and oxygen atoms in total. The number of benzene rings is 1. The predicted molar refractivity (Wildman–Crippen MR) is 111 cm³/mol. The molecule has 1 saturated heterocycles. The molecule has 152 valence electrons. The first kappa shape index (κ1) is 20.9. The zero-order valence-electron chi connectivity index (χ0n) is 16.7. The first-order chi connectivity index (χ1) is 13.5. The molecule has 0 aliphatic carbocycles. The monoisotopic (exact) mass is 404 g/mol. The van der Waals surface area contributed by atoms with Crippen molar-refractivity contribution in [2.75, 3.05) is 46.8 Å². The molecule has 1 aliphatic rings. The van der Waals surface area contributed by atoms with E-state index in [0.717, 1.165) is 44.6 Å². The van der Waals surface area contributed by atoms with Crippen molar-refractivity contribution in [2.45, 2.75) is 19.4 Å². The molecule has 0 unspecified atom stereocenters. The Morgan fingerprint density at radius 2 is 2.14 bits per heavy atom. The summed E-state index contributed by atoms with van der Waals surface area (Å²) in [5.41, 5.74) is 2.97. The molecule has 1 amide bonds. The van der Waals surface area contributed by atoms with E-state index < -0.39 is 0 Å². The van der Waals surface area contributed by atoms with Gasteiger partial charge < -0.3 is 9.80 Å². The Morgan fingerprint density at radius 1 is 1.32 bits per heavy atom. The minimum Gasteiger partial charge on any atom is -0.336 e. The van der Waals surface area contributed by atoms with Gasteiger partial charge in [-0.05, 0) is 45.5 Å². The Bertz CT molecular complexity index is 753. The maximum Gasteiger partial charge on any atom is 0.273 e. The van der Waals surface area contributed by atoms with E-state index in [0.29, 0.717) is 24.7 Å². The van der Waals surface area contributed by atoms with Gasteiger partial charge in [0.05, 0.1) is 5.51 Å². The van der Waals surface area contributed by atoms with E-state index in [1.807, 2.05) is 36.5 Å². The highest BCUT2D eigenvalue weighted by Gasteiger charge is 2.26. The molecular formula is C21H29FN4OS. The molecule has 1 aliphatic heterocycles. The highest BCUT2D eigenvalue weighted by Crippen LogP contribution is 2.21. The van der Waals surface area contributed by atoms with Gasteiger partial charge in [-0.25, -0.2) is 9.37 Å². The fourth-order valence-electron chi connectivity index (χ4n) is 3.70. The van der Waals surface area contributed by atoms with Gasteiger partial charge in [0.15, 0.2) is 0 Å². The van der Waals surface area contributed by atoms with Crippen molar-refractivity contribution in [1.82, 2.24) is 19.7 Å². The van der Waals surface area contributed by atoms with Crippen LogP contribution in [0, 0.1) is 11.7 Å². The highest BCUT2D eigenvalue weighted by atomic mass is 32.1. The SMILES string of the molecule is CN(C)CCN(C[C@H]1CCCN(Cc2ccccc2F)C1)C(=O)c1cscn1. The summed E-state index contributed by atoms with van der Waals surface area (Å²) in [4.78, 5) is 23.4. The fraction of sp³-hybridized carbons (Fsp3) is 0.524. The van der Waals surface area contributed by atoms with Crippen LogP contribution in [0.15, 0.2) is 35.2 Å². The smallest absolute Gasteiger partial charge is 0.273 e. The van der Waals surface area contributed by atoms with E-state index in [1.54, 1.807) is 11.6 Å². The molecule has 7 heteroatoms. The van der Waals surface area contributed by atoms with Crippen LogP contribution in [0.3, 0.4) is 0 Å². The summed E-state index contributed by atoms with van der Waals surface area (Å²) in [7, 11) is 4.03. The average Bonchev–Trinajstić information content (AvgIpc) is 3.21. The molecule has 1 atom stereocenters. The topological polar surface area (TPSA) is 39.7 Å². The summed E-state index contributed by atoms with van der Waals surface area (Å²) < 4.78 is 14.0. The number of carbonyl (C=O) groups excluding carboxylic acids is 1. The summed E-state index contributed by atoms with van der Waals surface area (Å²) in [6, 6.07) is 6.99. The Hall–Kier alpha value is -1.83. The van der Waals surface area contributed by atoms with Crippen molar-refractivity contribution in [1.29, 1.82) is 0 Å². The second kappa shape index (κ2) is 10.1. The Morgan fingerprint density at radius 3 is 2.86 bits per heavy atom. The van der Waals surface area contributed by atoms with Gasteiger partial charge in [-0.3, -0.25) is 9.69 Å². The molecule has 0 bridgehead atoms. The van der Waals surface area contributed by atoms with Crippen molar-refractivity contribution in [3.63, 3.8) is 0 Å². The number of amides is 1. The van der Waals surface area contributed by atoms with Crippen LogP contribution in [0.2, 0.25) is 0 Å². The van der Waals surface area contributed by atoms with Gasteiger partial charge in [-0.2, -0.15) is 0 Å². The maximum atomic E-state index is 14.0. The zero-order chi connectivity index (χ0) is 19.9. The van der Waals surface area contributed by atoms with Gasteiger partial charge in [0.2, 0.25) is 0 Å². The normalized spacial score (nSPS) is 17.8. The number of halogens is 1. The molecule has 0 saturated carbocycles. The third-order valence-electron chi connectivity index (χ3n) is 5.19. The van der Waals surface area contributed by atoms with Crippen LogP contribution in [-0.2, 0) is 6.54 Å². The van der Waals surface area contributed by atoms with Crippen molar-refractivity contribution in [3.8, 4) is 0 Å². The van der Waals surface area contributed by atoms with E-state index in [2.05, 4.69) is 14.8 Å². The van der Waals surface area contributed by atoms with E-state index in [-0.39, 0.29) is 11.7 Å². The summed E-state index contributed by atoms with van der Waals surface area (Å²) in [5, 5.41) is 1.82. The lowest BCUT2D eigenvalue weighted by Gasteiger charge is -2.36. The molecular weight excluding hydrogens is 375 g/mol. The lowest BCUT2D eigenvalue weighted by atomic mass is 9.96. The lowest BCUT2D eigenvalue weighted by Crippen LogP contribution is -2.44. The largest absolute Gasteiger partial charge is 0.336 e. The van der Waals surface area contributed by atoms with E-state index in [1.165, 1.54) is 17.4 Å². The molecule has 1 aromatic carbocycles. The zero-order valence-corrected chi connectivity index (χ0v) is 17.5. The molecule has 0 spiro atoms. The van der Waals surface area contributed by atoms with Crippen LogP contribution < -0.4 is 0 Å². The van der Waals surface area contributed by atoms with Crippen molar-refractivity contribution in [2.24, 2.45) is 5.92 Å². The number of likely N-dealkylation sites (tertiary alicyclic amines) is 1. The van der Waals surface area contributed by atoms with E-state index in [9.17, 15) is 9.18 Å². The van der Waals surface area contributed by atoms with Crippen LogP contribution in [0.5, 0.6) is 0 Å². The molecule has 0 N–H and O–H groups in total. The molecule has 1 fully saturated rings. The van der Waals surface area contributed by atoms with Crippen LogP contribution in [0.4, 0.5) is 4.39 Å². The minimum atomic E-state index is -0.143. The summed E-state index contributed by atoms with van der Waals surface area (Å²) in [5.74, 6) is 0.260. The number of aromatic nitrogens is 1. The first-order valence-corrected chi connectivity index (χ1v) is 10.7. The standard InChI is InChI=1S/C21H29FN4OS/c1-24(2)10-11-26(21(27)20-15-28-16-23-20)13-17-6-5-9-25(12-17)14-18-7-3-4-8-19(18)22/h3-4,7-8,15-17H,5-6,9-14H2,1-2H3/t17-/m0/s1. The minimum absolute atomic E-state index is 0.00864. The van der Waals surface area contributed by atoms with E-state index >= 15 is 0 Å². The lowest BCUT2D eigenvalue weighted by molar-refractivity contribution is 0.0655. The van der Waals surface area contributed by atoms with Gasteiger partial charge in [0.25, 0.3) is 5.91 Å². The number of piperidine rings is 1. The van der Waals surface area contributed by atoms with Crippen molar-refractivity contribution in [3.05, 3.63) is 52.2 Å². The Labute approximate surface area is 170 Å². The summed E-state index contributed by atoms with van der Waals surface area (Å²) in [6.07, 6.45) is 2.17. The second-order valence-electron chi connectivity index (χ2n) is 7.76. The number of rotatable bonds is 8. The first-order valence-electron chi connectivity index (χ1n) is 9.81.